The first kappa shape index (κ1) is 21.0. The van der Waals surface area contributed by atoms with E-state index in [1.165, 1.54) is 6.07 Å². The molecule has 0 aliphatic carbocycles. The zero-order valence-electron chi connectivity index (χ0n) is 16.2. The molecule has 1 aromatic heterocycles. The van der Waals surface area contributed by atoms with Gasteiger partial charge >= 0.3 is 6.18 Å². The van der Waals surface area contributed by atoms with Crippen LogP contribution in [0.4, 0.5) is 19.0 Å². The van der Waals surface area contributed by atoms with Gasteiger partial charge in [-0.25, -0.2) is 4.98 Å². The third-order valence-electron chi connectivity index (χ3n) is 5.03. The van der Waals surface area contributed by atoms with E-state index in [0.717, 1.165) is 36.4 Å². The zero-order chi connectivity index (χ0) is 20.9. The standard InChI is InChI=1S/C21H24F3N3O2/c1-29-18-4-2-3-15(13-18)5-8-20(28)26-17-9-11-27(12-10-17)19-7-6-16(14-25-19)21(22,23)24/h2-4,6-7,13-14,17H,5,8-12H2,1H3,(H,26,28). The average molecular weight is 407 g/mol. The number of aromatic nitrogens is 1. The Morgan fingerprint density at radius 2 is 2.00 bits per heavy atom. The molecule has 0 radical (unpaired) electrons. The third kappa shape index (κ3) is 5.85. The molecule has 156 valence electrons. The van der Waals surface area contributed by atoms with Gasteiger partial charge in [0, 0.05) is 31.7 Å². The summed E-state index contributed by atoms with van der Waals surface area (Å²) < 4.78 is 43.1. The quantitative estimate of drug-likeness (QED) is 0.791. The summed E-state index contributed by atoms with van der Waals surface area (Å²) in [4.78, 5) is 18.1. The predicted molar refractivity (Wildman–Crippen MR) is 104 cm³/mol. The molecule has 0 bridgehead atoms. The van der Waals surface area contributed by atoms with Gasteiger partial charge in [0.2, 0.25) is 5.91 Å². The lowest BCUT2D eigenvalue weighted by Gasteiger charge is -2.33. The third-order valence-corrected chi connectivity index (χ3v) is 5.03. The van der Waals surface area contributed by atoms with Crippen LogP contribution in [-0.2, 0) is 17.4 Å². The van der Waals surface area contributed by atoms with Crippen LogP contribution in [0, 0.1) is 0 Å². The molecular weight excluding hydrogens is 383 g/mol. The van der Waals surface area contributed by atoms with Gasteiger partial charge in [0.1, 0.15) is 11.6 Å². The number of nitrogens with one attached hydrogen (secondary N) is 1. The maximum Gasteiger partial charge on any atom is 0.417 e. The minimum atomic E-state index is -4.38. The van der Waals surface area contributed by atoms with E-state index >= 15 is 0 Å². The molecule has 29 heavy (non-hydrogen) atoms. The Kier molecular flexibility index (Phi) is 6.61. The highest BCUT2D eigenvalue weighted by molar-refractivity contribution is 5.76. The molecule has 1 aliphatic rings. The van der Waals surface area contributed by atoms with Crippen molar-refractivity contribution in [2.45, 2.75) is 37.9 Å². The smallest absolute Gasteiger partial charge is 0.417 e. The van der Waals surface area contributed by atoms with Gasteiger partial charge in [0.05, 0.1) is 12.7 Å². The van der Waals surface area contributed by atoms with Crippen molar-refractivity contribution < 1.29 is 22.7 Å². The van der Waals surface area contributed by atoms with Crippen molar-refractivity contribution >= 4 is 11.7 Å². The normalized spacial score (nSPS) is 15.2. The Hall–Kier alpha value is -2.77. The number of carbonyl (C=O) groups is 1. The lowest BCUT2D eigenvalue weighted by Crippen LogP contribution is -2.45. The maximum absolute atomic E-state index is 12.6. The lowest BCUT2D eigenvalue weighted by atomic mass is 10.0. The van der Waals surface area contributed by atoms with E-state index in [0.29, 0.717) is 31.7 Å². The van der Waals surface area contributed by atoms with Crippen molar-refractivity contribution in [3.8, 4) is 5.75 Å². The second kappa shape index (κ2) is 9.15. The van der Waals surface area contributed by atoms with Crippen molar-refractivity contribution in [1.29, 1.82) is 0 Å². The number of nitrogens with zero attached hydrogens (tertiary/aromatic N) is 2. The van der Waals surface area contributed by atoms with E-state index in [1.807, 2.05) is 29.2 Å². The number of amides is 1. The fourth-order valence-corrected chi connectivity index (χ4v) is 3.38. The van der Waals surface area contributed by atoms with Crippen LogP contribution < -0.4 is 15.0 Å². The Balaban J connectivity index is 1.44. The molecule has 5 nitrogen and oxygen atoms in total. The number of methoxy groups -OCH3 is 1. The molecule has 8 heteroatoms. The number of hydrogen-bond donors (Lipinski definition) is 1. The highest BCUT2D eigenvalue weighted by Crippen LogP contribution is 2.29. The second-order valence-corrected chi connectivity index (χ2v) is 7.08. The first-order valence-corrected chi connectivity index (χ1v) is 9.55. The highest BCUT2D eigenvalue weighted by atomic mass is 19.4. The van der Waals surface area contributed by atoms with Crippen LogP contribution in [0.2, 0.25) is 0 Å². The summed E-state index contributed by atoms with van der Waals surface area (Å²) in [5.41, 5.74) is 0.294. The van der Waals surface area contributed by atoms with Crippen molar-refractivity contribution in [2.24, 2.45) is 0 Å². The number of halogens is 3. The van der Waals surface area contributed by atoms with Crippen LogP contribution in [0.5, 0.6) is 5.75 Å². The number of hydrogen-bond acceptors (Lipinski definition) is 4. The number of anilines is 1. The van der Waals surface area contributed by atoms with Crippen molar-refractivity contribution in [2.75, 3.05) is 25.1 Å². The summed E-state index contributed by atoms with van der Waals surface area (Å²) in [6.07, 6.45) is -1.03. The molecule has 1 aliphatic heterocycles. The molecule has 1 aromatic carbocycles. The number of aryl methyl sites for hydroxylation is 1. The van der Waals surface area contributed by atoms with E-state index in [2.05, 4.69) is 10.3 Å². The van der Waals surface area contributed by atoms with Crippen molar-refractivity contribution in [1.82, 2.24) is 10.3 Å². The summed E-state index contributed by atoms with van der Waals surface area (Å²) in [6, 6.07) is 10.2. The topological polar surface area (TPSA) is 54.5 Å². The van der Waals surface area contributed by atoms with E-state index < -0.39 is 11.7 Å². The maximum atomic E-state index is 12.6. The molecule has 0 unspecified atom stereocenters. The molecule has 1 N–H and O–H groups in total. The Bertz CT molecular complexity index is 817. The van der Waals surface area contributed by atoms with Crippen LogP contribution >= 0.6 is 0 Å². The first-order valence-electron chi connectivity index (χ1n) is 9.55. The Morgan fingerprint density at radius 3 is 2.62 bits per heavy atom. The number of ether oxygens (including phenoxy) is 1. The number of rotatable bonds is 6. The molecule has 1 saturated heterocycles. The number of carbonyl (C=O) groups excluding carboxylic acids is 1. The number of alkyl halides is 3. The van der Waals surface area contributed by atoms with Crippen LogP contribution in [0.3, 0.4) is 0 Å². The fourth-order valence-electron chi connectivity index (χ4n) is 3.38. The van der Waals surface area contributed by atoms with E-state index in [1.54, 1.807) is 7.11 Å². The van der Waals surface area contributed by atoms with Gasteiger partial charge in [0.15, 0.2) is 0 Å². The predicted octanol–water partition coefficient (Wildman–Crippen LogP) is 3.83. The zero-order valence-corrected chi connectivity index (χ0v) is 16.2. The number of piperidine rings is 1. The number of pyridine rings is 1. The molecule has 0 atom stereocenters. The van der Waals surface area contributed by atoms with Gasteiger partial charge < -0.3 is 15.0 Å². The van der Waals surface area contributed by atoms with Crippen LogP contribution in [-0.4, -0.2) is 37.1 Å². The average Bonchev–Trinajstić information content (AvgIpc) is 2.72. The SMILES string of the molecule is COc1cccc(CCC(=O)NC2CCN(c3ccc(C(F)(F)F)cn3)CC2)c1. The van der Waals surface area contributed by atoms with Gasteiger partial charge in [-0.05, 0) is 49.1 Å². The number of benzene rings is 1. The summed E-state index contributed by atoms with van der Waals surface area (Å²) in [5, 5.41) is 3.05. The van der Waals surface area contributed by atoms with Gasteiger partial charge in [-0.1, -0.05) is 12.1 Å². The fraction of sp³-hybridized carbons (Fsp3) is 0.429. The second-order valence-electron chi connectivity index (χ2n) is 7.08. The largest absolute Gasteiger partial charge is 0.497 e. The molecule has 2 heterocycles. The van der Waals surface area contributed by atoms with Crippen LogP contribution in [0.25, 0.3) is 0 Å². The summed E-state index contributed by atoms with van der Waals surface area (Å²) in [5.74, 6) is 1.30. The first-order chi connectivity index (χ1) is 13.8. The highest BCUT2D eigenvalue weighted by Gasteiger charge is 2.31. The van der Waals surface area contributed by atoms with E-state index in [-0.39, 0.29) is 11.9 Å². The van der Waals surface area contributed by atoms with E-state index in [4.69, 9.17) is 4.74 Å². The molecule has 1 amide bonds. The Morgan fingerprint density at radius 1 is 1.24 bits per heavy atom. The molecule has 0 spiro atoms. The minimum absolute atomic E-state index is 0.000995. The van der Waals surface area contributed by atoms with Crippen molar-refractivity contribution in [3.05, 3.63) is 53.7 Å². The summed E-state index contributed by atoms with van der Waals surface area (Å²) >= 11 is 0. The Labute approximate surface area is 167 Å². The molecular formula is C21H24F3N3O2. The molecule has 3 rings (SSSR count). The van der Waals surface area contributed by atoms with E-state index in [9.17, 15) is 18.0 Å². The summed E-state index contributed by atoms with van der Waals surface area (Å²) in [6.45, 7) is 1.28. The van der Waals surface area contributed by atoms with Crippen LogP contribution in [0.15, 0.2) is 42.6 Å². The lowest BCUT2D eigenvalue weighted by molar-refractivity contribution is -0.137. The molecule has 0 saturated carbocycles. The van der Waals surface area contributed by atoms with Gasteiger partial charge in [-0.2, -0.15) is 13.2 Å². The van der Waals surface area contributed by atoms with Gasteiger partial charge in [0.25, 0.3) is 0 Å². The monoisotopic (exact) mass is 407 g/mol. The summed E-state index contributed by atoms with van der Waals surface area (Å²) in [7, 11) is 1.61. The van der Waals surface area contributed by atoms with Gasteiger partial charge in [-0.3, -0.25) is 4.79 Å². The van der Waals surface area contributed by atoms with Crippen LogP contribution in [0.1, 0.15) is 30.4 Å². The van der Waals surface area contributed by atoms with Crippen molar-refractivity contribution in [3.63, 3.8) is 0 Å². The molecule has 2 aromatic rings. The minimum Gasteiger partial charge on any atom is -0.497 e. The molecule has 1 fully saturated rings. The van der Waals surface area contributed by atoms with Gasteiger partial charge in [-0.15, -0.1) is 0 Å².